The van der Waals surface area contributed by atoms with Crippen molar-refractivity contribution in [1.29, 1.82) is 0 Å². The van der Waals surface area contributed by atoms with E-state index in [4.69, 9.17) is 0 Å². The van der Waals surface area contributed by atoms with Crippen molar-refractivity contribution in [3.05, 3.63) is 39.9 Å². The number of hydrogen-bond donors (Lipinski definition) is 2. The molecular weight excluding hydrogens is 347 g/mol. The van der Waals surface area contributed by atoms with Gasteiger partial charge in [0.1, 0.15) is 0 Å². The second-order valence-electron chi connectivity index (χ2n) is 3.75. The number of nitro groups is 1. The van der Waals surface area contributed by atoms with E-state index in [1.165, 1.54) is 6.07 Å². The van der Waals surface area contributed by atoms with Crippen LogP contribution in [0.2, 0.25) is 0 Å². The summed E-state index contributed by atoms with van der Waals surface area (Å²) in [5.41, 5.74) is 0.795. The normalized spacial score (nSPS) is 13.9. The number of rotatable bonds is 3. The van der Waals surface area contributed by atoms with E-state index >= 15 is 0 Å². The summed E-state index contributed by atoms with van der Waals surface area (Å²) in [5.74, 6) is 0.717. The SMILES string of the molecule is I.O=[N+]([O-])c1ccccc1CNC1=NCCCN1. The van der Waals surface area contributed by atoms with Gasteiger partial charge in [0.25, 0.3) is 5.69 Å². The second-order valence-corrected chi connectivity index (χ2v) is 3.75. The predicted molar refractivity (Wildman–Crippen MR) is 80.3 cm³/mol. The van der Waals surface area contributed by atoms with Crippen LogP contribution in [0.1, 0.15) is 12.0 Å². The Labute approximate surface area is 122 Å². The zero-order valence-electron chi connectivity index (χ0n) is 9.76. The van der Waals surface area contributed by atoms with Gasteiger partial charge in [-0.25, -0.2) is 0 Å². The highest BCUT2D eigenvalue weighted by molar-refractivity contribution is 14.0. The van der Waals surface area contributed by atoms with Crippen molar-refractivity contribution in [3.63, 3.8) is 0 Å². The average molecular weight is 362 g/mol. The van der Waals surface area contributed by atoms with Gasteiger partial charge in [-0.1, -0.05) is 18.2 Å². The summed E-state index contributed by atoms with van der Waals surface area (Å²) in [6.07, 6.45) is 1.02. The van der Waals surface area contributed by atoms with Gasteiger partial charge in [0, 0.05) is 31.3 Å². The number of guanidine groups is 1. The first-order valence-corrected chi connectivity index (χ1v) is 5.52. The lowest BCUT2D eigenvalue weighted by atomic mass is 10.2. The molecule has 0 fully saturated rings. The summed E-state index contributed by atoms with van der Waals surface area (Å²) >= 11 is 0. The molecule has 0 aliphatic carbocycles. The van der Waals surface area contributed by atoms with E-state index in [1.807, 2.05) is 0 Å². The molecule has 0 bridgehead atoms. The fourth-order valence-electron chi connectivity index (χ4n) is 1.67. The maximum atomic E-state index is 10.8. The molecule has 0 unspecified atom stereocenters. The molecule has 2 rings (SSSR count). The Hall–Kier alpha value is -1.38. The van der Waals surface area contributed by atoms with E-state index in [0.29, 0.717) is 12.1 Å². The van der Waals surface area contributed by atoms with Crippen LogP contribution in [0.4, 0.5) is 5.69 Å². The van der Waals surface area contributed by atoms with Gasteiger partial charge < -0.3 is 10.6 Å². The minimum atomic E-state index is -0.368. The molecule has 1 heterocycles. The van der Waals surface area contributed by atoms with E-state index in [1.54, 1.807) is 18.2 Å². The van der Waals surface area contributed by atoms with Crippen LogP contribution in [0.3, 0.4) is 0 Å². The van der Waals surface area contributed by atoms with Crippen LogP contribution in [-0.4, -0.2) is 24.0 Å². The molecule has 0 spiro atoms. The van der Waals surface area contributed by atoms with E-state index in [2.05, 4.69) is 15.6 Å². The summed E-state index contributed by atoms with van der Waals surface area (Å²) in [6.45, 7) is 2.10. The molecular formula is C11H15IN4O2. The Morgan fingerprint density at radius 1 is 1.44 bits per heavy atom. The Morgan fingerprint density at radius 3 is 2.89 bits per heavy atom. The molecule has 6 nitrogen and oxygen atoms in total. The third-order valence-corrected chi connectivity index (χ3v) is 2.53. The topological polar surface area (TPSA) is 79.6 Å². The molecule has 0 atom stereocenters. The van der Waals surface area contributed by atoms with Crippen molar-refractivity contribution in [2.45, 2.75) is 13.0 Å². The molecule has 0 saturated carbocycles. The lowest BCUT2D eigenvalue weighted by molar-refractivity contribution is -0.385. The van der Waals surface area contributed by atoms with Gasteiger partial charge in [-0.2, -0.15) is 0 Å². The number of nitrogens with zero attached hydrogens (tertiary/aromatic N) is 2. The number of aliphatic imine (C=N–C) groups is 1. The van der Waals surface area contributed by atoms with E-state index in [9.17, 15) is 10.1 Å². The van der Waals surface area contributed by atoms with E-state index in [0.717, 1.165) is 25.5 Å². The molecule has 0 aromatic heterocycles. The minimum absolute atomic E-state index is 0. The van der Waals surface area contributed by atoms with Gasteiger partial charge in [0.2, 0.25) is 0 Å². The monoisotopic (exact) mass is 362 g/mol. The summed E-state index contributed by atoms with van der Waals surface area (Å²) in [7, 11) is 0. The number of nitrogens with one attached hydrogen (secondary N) is 2. The Balaban J connectivity index is 0.00000162. The fraction of sp³-hybridized carbons (Fsp3) is 0.364. The fourth-order valence-corrected chi connectivity index (χ4v) is 1.67. The Kier molecular flexibility index (Phi) is 5.83. The first-order valence-electron chi connectivity index (χ1n) is 5.52. The molecule has 7 heteroatoms. The maximum absolute atomic E-state index is 10.8. The van der Waals surface area contributed by atoms with E-state index < -0.39 is 0 Å². The molecule has 2 N–H and O–H groups in total. The molecule has 1 aromatic rings. The number of benzene rings is 1. The molecule has 1 aromatic carbocycles. The molecule has 0 amide bonds. The van der Waals surface area contributed by atoms with Gasteiger partial charge in [0.05, 0.1) is 4.92 Å². The van der Waals surface area contributed by atoms with Crippen molar-refractivity contribution in [2.75, 3.05) is 13.1 Å². The third kappa shape index (κ3) is 3.83. The largest absolute Gasteiger partial charge is 0.356 e. The smallest absolute Gasteiger partial charge is 0.274 e. The van der Waals surface area contributed by atoms with Crippen molar-refractivity contribution in [2.24, 2.45) is 4.99 Å². The quantitative estimate of drug-likeness (QED) is 0.487. The third-order valence-electron chi connectivity index (χ3n) is 2.53. The summed E-state index contributed by atoms with van der Waals surface area (Å²) in [4.78, 5) is 14.7. The highest BCUT2D eigenvalue weighted by atomic mass is 127. The molecule has 98 valence electrons. The standard InChI is InChI=1S/C11H14N4O2.HI/c16-15(17)10-5-2-1-4-9(10)8-14-11-12-6-3-7-13-11;/h1-2,4-5H,3,6-8H2,(H2,12,13,14);1H. The highest BCUT2D eigenvalue weighted by Crippen LogP contribution is 2.16. The second kappa shape index (κ2) is 7.14. The maximum Gasteiger partial charge on any atom is 0.274 e. The van der Waals surface area contributed by atoms with Gasteiger partial charge in [-0.05, 0) is 6.42 Å². The molecule has 0 radical (unpaired) electrons. The Morgan fingerprint density at radius 2 is 2.22 bits per heavy atom. The van der Waals surface area contributed by atoms with Crippen LogP contribution in [0.5, 0.6) is 0 Å². The summed E-state index contributed by atoms with van der Waals surface area (Å²) in [5, 5.41) is 17.0. The average Bonchev–Trinajstić information content (AvgIpc) is 2.38. The van der Waals surface area contributed by atoms with Gasteiger partial charge in [0.15, 0.2) is 5.96 Å². The lowest BCUT2D eigenvalue weighted by Crippen LogP contribution is -2.40. The first-order chi connectivity index (χ1) is 8.27. The van der Waals surface area contributed by atoms with E-state index in [-0.39, 0.29) is 34.6 Å². The zero-order chi connectivity index (χ0) is 12.1. The van der Waals surface area contributed by atoms with Crippen molar-refractivity contribution in [1.82, 2.24) is 10.6 Å². The lowest BCUT2D eigenvalue weighted by Gasteiger charge is -2.15. The Bertz CT molecular complexity index is 450. The number of nitro benzene ring substituents is 1. The number of para-hydroxylation sites is 1. The van der Waals surface area contributed by atoms with Gasteiger partial charge in [-0.15, -0.1) is 24.0 Å². The zero-order valence-corrected chi connectivity index (χ0v) is 12.1. The van der Waals surface area contributed by atoms with Crippen molar-refractivity contribution < 1.29 is 4.92 Å². The van der Waals surface area contributed by atoms with Crippen LogP contribution >= 0.6 is 24.0 Å². The van der Waals surface area contributed by atoms with Crippen molar-refractivity contribution in [3.8, 4) is 0 Å². The van der Waals surface area contributed by atoms with Crippen LogP contribution in [-0.2, 0) is 6.54 Å². The summed E-state index contributed by atoms with van der Waals surface area (Å²) in [6, 6.07) is 6.71. The van der Waals surface area contributed by atoms with Gasteiger partial charge in [-0.3, -0.25) is 15.1 Å². The van der Waals surface area contributed by atoms with Crippen LogP contribution in [0.15, 0.2) is 29.3 Å². The molecule has 18 heavy (non-hydrogen) atoms. The first kappa shape index (κ1) is 14.7. The number of hydrogen-bond acceptors (Lipinski definition) is 5. The van der Waals surface area contributed by atoms with Crippen LogP contribution in [0.25, 0.3) is 0 Å². The molecule has 1 aliphatic heterocycles. The van der Waals surface area contributed by atoms with Gasteiger partial charge >= 0.3 is 0 Å². The minimum Gasteiger partial charge on any atom is -0.356 e. The molecule has 1 aliphatic rings. The number of halogens is 1. The predicted octanol–water partition coefficient (Wildman–Crippen LogP) is 1.65. The molecule has 0 saturated heterocycles. The van der Waals surface area contributed by atoms with Crippen molar-refractivity contribution >= 4 is 35.6 Å². The highest BCUT2D eigenvalue weighted by Gasteiger charge is 2.12. The summed E-state index contributed by atoms with van der Waals surface area (Å²) < 4.78 is 0. The van der Waals surface area contributed by atoms with Crippen LogP contribution in [0, 0.1) is 10.1 Å². The van der Waals surface area contributed by atoms with Crippen LogP contribution < -0.4 is 10.6 Å².